The van der Waals surface area contributed by atoms with E-state index < -0.39 is 0 Å². The first-order valence-electron chi connectivity index (χ1n) is 40.6. The molecule has 0 N–H and O–H groups in total. The van der Waals surface area contributed by atoms with Crippen LogP contribution in [0.25, 0.3) is 175 Å². The molecule has 2 aromatic heterocycles. The molecule has 0 aliphatic rings. The SMILES string of the molecule is c1ccc(-c2ccc(N(c3ccc(-c4ccc(-c5ccc6c(c5)c5ccccc5n6-c5ccccc5)cc4)cc3)c3ccc4c5ccccc5c5ccccc5c4c3)cc2)cc1.c1ccc(N(c2ccc(-c3ccc(-c4ccc5c(c4)c4ccccc4n5-c4ccccc4)cc3)cc2)c2ccc3c4ccccc4c4ccccc4c3c2)cc1. The summed E-state index contributed by atoms with van der Waals surface area (Å²) in [4.78, 5) is 4.75. The Morgan fingerprint density at radius 2 is 0.331 bits per heavy atom. The molecule has 0 saturated heterocycles. The molecule has 552 valence electrons. The molecule has 0 aliphatic heterocycles. The number of nitrogens with zero attached hydrogens (tertiary/aromatic N) is 4. The second kappa shape index (κ2) is 29.4. The Morgan fingerprint density at radius 1 is 0.119 bits per heavy atom. The molecule has 0 bridgehead atoms. The van der Waals surface area contributed by atoms with Gasteiger partial charge in [-0.3, -0.25) is 0 Å². The van der Waals surface area contributed by atoms with Crippen LogP contribution in [0.3, 0.4) is 0 Å². The third-order valence-electron chi connectivity index (χ3n) is 23.9. The average Bonchev–Trinajstić information content (AvgIpc) is 1.61. The highest BCUT2D eigenvalue weighted by atomic mass is 15.1. The number of benzene rings is 21. The maximum Gasteiger partial charge on any atom is 0.0541 e. The lowest BCUT2D eigenvalue weighted by molar-refractivity contribution is 1.18. The highest BCUT2D eigenvalue weighted by molar-refractivity contribution is 6.27. The molecule has 0 amide bonds. The average molecular weight is 1500 g/mol. The van der Waals surface area contributed by atoms with Gasteiger partial charge in [-0.15, -0.1) is 0 Å². The molecule has 0 spiro atoms. The van der Waals surface area contributed by atoms with Crippen LogP contribution in [0.5, 0.6) is 0 Å². The zero-order valence-electron chi connectivity index (χ0n) is 64.7. The van der Waals surface area contributed by atoms with Crippen molar-refractivity contribution in [1.82, 2.24) is 9.13 Å². The number of rotatable bonds is 13. The zero-order valence-corrected chi connectivity index (χ0v) is 64.7. The first-order chi connectivity index (χ1) is 58.5. The van der Waals surface area contributed by atoms with E-state index in [1.54, 1.807) is 0 Å². The molecule has 0 saturated carbocycles. The number of hydrogen-bond acceptors (Lipinski definition) is 2. The summed E-state index contributed by atoms with van der Waals surface area (Å²) in [7, 11) is 0. The van der Waals surface area contributed by atoms with Crippen LogP contribution >= 0.6 is 0 Å². The Kier molecular flexibility index (Phi) is 17.2. The Balaban J connectivity index is 0.000000143. The molecule has 21 aromatic carbocycles. The molecular weight excluding hydrogens is 1430 g/mol. The minimum Gasteiger partial charge on any atom is -0.310 e. The quantitative estimate of drug-likeness (QED) is 0.107. The van der Waals surface area contributed by atoms with Crippen LogP contribution in [0.2, 0.25) is 0 Å². The number of hydrogen-bond donors (Lipinski definition) is 0. The van der Waals surface area contributed by atoms with E-state index in [2.05, 4.69) is 480 Å². The molecular formula is C114H76N4. The van der Waals surface area contributed by atoms with Crippen molar-refractivity contribution >= 4 is 142 Å². The lowest BCUT2D eigenvalue weighted by Crippen LogP contribution is -2.10. The van der Waals surface area contributed by atoms with Gasteiger partial charge in [0.25, 0.3) is 0 Å². The summed E-state index contributed by atoms with van der Waals surface area (Å²) < 4.78 is 4.73. The van der Waals surface area contributed by atoms with Crippen molar-refractivity contribution in [3.63, 3.8) is 0 Å². The van der Waals surface area contributed by atoms with Crippen LogP contribution in [0, 0.1) is 0 Å². The van der Waals surface area contributed by atoms with Crippen LogP contribution in [0.15, 0.2) is 461 Å². The van der Waals surface area contributed by atoms with Crippen molar-refractivity contribution in [2.75, 3.05) is 9.80 Å². The number of aromatic nitrogens is 2. The minimum atomic E-state index is 1.10. The summed E-state index contributed by atoms with van der Waals surface area (Å²) in [6.45, 7) is 0. The Hall–Kier alpha value is -15.6. The van der Waals surface area contributed by atoms with Gasteiger partial charge < -0.3 is 18.9 Å². The molecule has 118 heavy (non-hydrogen) atoms. The Labute approximate surface area is 684 Å². The molecule has 23 rings (SSSR count). The highest BCUT2D eigenvalue weighted by Crippen LogP contribution is 2.46. The summed E-state index contributed by atoms with van der Waals surface area (Å²) in [6, 6.07) is 168. The second-order valence-corrected chi connectivity index (χ2v) is 30.6. The largest absolute Gasteiger partial charge is 0.310 e. The van der Waals surface area contributed by atoms with Crippen molar-refractivity contribution in [1.29, 1.82) is 0 Å². The van der Waals surface area contributed by atoms with Gasteiger partial charge in [0.1, 0.15) is 0 Å². The standard InChI is InChI=1S/C60H40N2.C54H36N2/c1-3-13-41(14-4-1)43-27-32-48(33-28-43)61(50-36-37-55-53-19-8-7-17-51(53)52-18-9-10-20-54(52)57(55)40-50)49-34-29-44(30-35-49)42-23-25-45(26-24-42)46-31-38-60-58(39-46)56-21-11-12-22-59(56)62(60)47-15-5-2-6-16-47;1-3-13-41(14-4-1)55(44-32-33-49-47-19-8-7-17-45(47)46-18-9-10-20-48(46)51(49)36-44)43-30-27-38(28-31-43)37-23-25-39(26-24-37)40-29-34-54-52(35-40)50-21-11-12-22-53(50)56(54)42-15-5-2-6-16-42/h1-40H;1-36H. The van der Waals surface area contributed by atoms with E-state index in [0.29, 0.717) is 0 Å². The lowest BCUT2D eigenvalue weighted by atomic mass is 9.94. The molecule has 0 unspecified atom stereocenters. The summed E-state index contributed by atoms with van der Waals surface area (Å²) >= 11 is 0. The van der Waals surface area contributed by atoms with Gasteiger partial charge in [-0.2, -0.15) is 0 Å². The van der Waals surface area contributed by atoms with E-state index in [-0.39, 0.29) is 0 Å². The van der Waals surface area contributed by atoms with Gasteiger partial charge in [-0.25, -0.2) is 0 Å². The number of anilines is 6. The Bertz CT molecular complexity index is 7660. The van der Waals surface area contributed by atoms with Crippen molar-refractivity contribution in [2.24, 2.45) is 0 Å². The van der Waals surface area contributed by atoms with Gasteiger partial charge in [-0.05, 0) is 254 Å². The monoisotopic (exact) mass is 1500 g/mol. The molecule has 4 heteroatoms. The van der Waals surface area contributed by atoms with Crippen molar-refractivity contribution in [2.45, 2.75) is 0 Å². The van der Waals surface area contributed by atoms with Crippen LogP contribution in [-0.2, 0) is 0 Å². The topological polar surface area (TPSA) is 16.3 Å². The summed E-state index contributed by atoms with van der Waals surface area (Å²) in [5, 5.41) is 20.3. The third-order valence-corrected chi connectivity index (χ3v) is 23.9. The summed E-state index contributed by atoms with van der Waals surface area (Å²) in [5.74, 6) is 0. The molecule has 2 heterocycles. The fourth-order valence-corrected chi connectivity index (χ4v) is 18.3. The van der Waals surface area contributed by atoms with Crippen molar-refractivity contribution < 1.29 is 0 Å². The van der Waals surface area contributed by atoms with Crippen molar-refractivity contribution in [3.8, 4) is 67.0 Å². The minimum absolute atomic E-state index is 1.10. The zero-order chi connectivity index (χ0) is 78.0. The molecule has 23 aromatic rings. The van der Waals surface area contributed by atoms with Crippen LogP contribution in [0.4, 0.5) is 34.1 Å². The van der Waals surface area contributed by atoms with Crippen molar-refractivity contribution in [3.05, 3.63) is 461 Å². The fraction of sp³-hybridized carbons (Fsp3) is 0. The fourth-order valence-electron chi connectivity index (χ4n) is 18.3. The van der Waals surface area contributed by atoms with E-state index in [0.717, 1.165) is 34.1 Å². The molecule has 0 aliphatic carbocycles. The van der Waals surface area contributed by atoms with Gasteiger partial charge in [0.2, 0.25) is 0 Å². The lowest BCUT2D eigenvalue weighted by Gasteiger charge is -2.26. The summed E-state index contributed by atoms with van der Waals surface area (Å²) in [5.41, 5.74) is 25.9. The predicted octanol–water partition coefficient (Wildman–Crippen LogP) is 31.8. The Morgan fingerprint density at radius 3 is 0.661 bits per heavy atom. The van der Waals surface area contributed by atoms with Gasteiger partial charge in [-0.1, -0.05) is 328 Å². The van der Waals surface area contributed by atoms with Crippen LogP contribution in [0.1, 0.15) is 0 Å². The predicted molar refractivity (Wildman–Crippen MR) is 503 cm³/mol. The second-order valence-electron chi connectivity index (χ2n) is 30.6. The highest BCUT2D eigenvalue weighted by Gasteiger charge is 2.22. The van der Waals surface area contributed by atoms with Crippen LogP contribution < -0.4 is 9.80 Å². The van der Waals surface area contributed by atoms with E-state index in [1.165, 1.54) is 175 Å². The molecule has 0 radical (unpaired) electrons. The normalized spacial score (nSPS) is 11.6. The van der Waals surface area contributed by atoms with E-state index >= 15 is 0 Å². The van der Waals surface area contributed by atoms with Gasteiger partial charge in [0.15, 0.2) is 0 Å². The van der Waals surface area contributed by atoms with Gasteiger partial charge in [0, 0.05) is 67.0 Å². The first-order valence-corrected chi connectivity index (χ1v) is 40.6. The van der Waals surface area contributed by atoms with E-state index in [1.807, 2.05) is 0 Å². The molecule has 0 fully saturated rings. The smallest absolute Gasteiger partial charge is 0.0541 e. The molecule has 4 nitrogen and oxygen atoms in total. The van der Waals surface area contributed by atoms with E-state index in [4.69, 9.17) is 0 Å². The van der Waals surface area contributed by atoms with E-state index in [9.17, 15) is 0 Å². The van der Waals surface area contributed by atoms with Crippen LogP contribution in [-0.4, -0.2) is 9.13 Å². The first kappa shape index (κ1) is 69.1. The van der Waals surface area contributed by atoms with Gasteiger partial charge >= 0.3 is 0 Å². The third kappa shape index (κ3) is 12.3. The molecule has 0 atom stereocenters. The number of para-hydroxylation sites is 5. The van der Waals surface area contributed by atoms with Gasteiger partial charge in [0.05, 0.1) is 22.1 Å². The summed E-state index contributed by atoms with van der Waals surface area (Å²) in [6.07, 6.45) is 0. The maximum absolute atomic E-state index is 2.38. The number of fused-ring (bicyclic) bond motifs is 18. The maximum atomic E-state index is 2.38.